The van der Waals surface area contributed by atoms with Gasteiger partial charge in [0.15, 0.2) is 44.0 Å². The van der Waals surface area contributed by atoms with E-state index in [9.17, 15) is 112 Å². The molecule has 7 rings (SSSR count). The Morgan fingerprint density at radius 3 is 0.962 bits per heavy atom. The third kappa shape index (κ3) is 13.4. The van der Waals surface area contributed by atoms with Gasteiger partial charge in [0.25, 0.3) is 0 Å². The van der Waals surface area contributed by atoms with Crippen molar-refractivity contribution in [3.63, 3.8) is 0 Å². The summed E-state index contributed by atoms with van der Waals surface area (Å²) in [5.41, 5.74) is 5.97. The smallest absolute Gasteiger partial charge is 0.187 e. The molecule has 0 aliphatic carbocycles. The molecule has 36 nitrogen and oxygen atoms in total. The van der Waals surface area contributed by atoms with Gasteiger partial charge in [-0.05, 0) is 0 Å². The SMILES string of the molecule is N[C@H]1[C@H](OC[C@H]2O[C@@H](OC[C@H]3O[C@@H](OC[C@H]4OC(O)[C@H](O)[C@@H](O[C@@H]5O[C@H](CO)[C@@H](O)[C@H](O[C@@H]6O[C@H](CO)[C@@H](O)[C@H](O)[C@H]6O)[C@H]5O)[C@@H]4O)[C@H](O)[C@@H](O)[C@@H]3O)[C@H](O)[C@@H](O[C@@H]3O[C@H](CO)[C@@H](O)[C@H](O)[C@H]3O)[C@@H]2O)O[C@H](CO)[C@@H](O)[C@@H]1O. The third-order valence-corrected chi connectivity index (χ3v) is 14.6. The van der Waals surface area contributed by atoms with E-state index in [0.717, 1.165) is 0 Å². The normalized spacial score (nSPS) is 53.5. The molecule has 78 heavy (non-hydrogen) atoms. The summed E-state index contributed by atoms with van der Waals surface area (Å²) in [6.07, 6.45) is -64.6. The average Bonchev–Trinajstić information content (AvgIpc) is 3.42. The van der Waals surface area contributed by atoms with Crippen molar-refractivity contribution in [3.05, 3.63) is 0 Å². The van der Waals surface area contributed by atoms with Crippen LogP contribution in [0.4, 0.5) is 0 Å². The highest BCUT2D eigenvalue weighted by molar-refractivity contribution is 4.99. The lowest BCUT2D eigenvalue weighted by Crippen LogP contribution is -2.67. The number of aliphatic hydroxyl groups excluding tert-OH is 22. The second kappa shape index (κ2) is 27.5. The largest absolute Gasteiger partial charge is 0.394 e. The van der Waals surface area contributed by atoms with Gasteiger partial charge in [0.05, 0.1) is 52.3 Å². The molecule has 7 heterocycles. The molecule has 0 spiro atoms. The van der Waals surface area contributed by atoms with Crippen LogP contribution in [0, 0.1) is 0 Å². The summed E-state index contributed by atoms with van der Waals surface area (Å²) in [4.78, 5) is 0. The summed E-state index contributed by atoms with van der Waals surface area (Å²) in [6.45, 7) is -6.13. The molecule has 456 valence electrons. The van der Waals surface area contributed by atoms with Crippen molar-refractivity contribution >= 4 is 0 Å². The standard InChI is InChI=1S/C42H73NO35/c43-15-23(55)16(48)8(1-44)70-37(15)66-7-14-22(54)35(78-41-29(61)25(57)18(50)10(3-46)72-41)31(63)39(75-14)68-5-12-19(51)26(58)27(59)38(74-12)67-6-13-21(53)33(30(62)36(65)69-13)76-42-32(64)34(20(52)11(4-47)73-42)77-40-28(60)24(56)17(49)9(2-45)71-40/h8-42,44-65H,1-7,43H2/t8-,9-,10-,11-,12-,13-,14-,15-,16-,17-,18-,19-,20-,21-,22-,23-,24+,25+,26+,27-,28-,29-,30-,31-,32-,33+,34+,35+,36?,37-,38-,39-,40+,41+,42+/m1/s1. The van der Waals surface area contributed by atoms with Crippen LogP contribution in [0.3, 0.4) is 0 Å². The molecule has 0 saturated carbocycles. The van der Waals surface area contributed by atoms with Gasteiger partial charge in [-0.2, -0.15) is 0 Å². The van der Waals surface area contributed by atoms with Gasteiger partial charge < -0.3 is 180 Å². The van der Waals surface area contributed by atoms with Crippen LogP contribution in [-0.2, 0) is 61.6 Å². The Hall–Kier alpha value is -1.44. The van der Waals surface area contributed by atoms with Gasteiger partial charge >= 0.3 is 0 Å². The minimum absolute atomic E-state index is 0.765. The van der Waals surface area contributed by atoms with Crippen molar-refractivity contribution in [1.82, 2.24) is 0 Å². The van der Waals surface area contributed by atoms with Gasteiger partial charge in [-0.25, -0.2) is 0 Å². The first-order valence-corrected chi connectivity index (χ1v) is 24.7. The first-order valence-electron chi connectivity index (χ1n) is 24.7. The first-order chi connectivity index (χ1) is 36.9. The van der Waals surface area contributed by atoms with Gasteiger partial charge in [-0.3, -0.25) is 0 Å². The minimum atomic E-state index is -2.22. The highest BCUT2D eigenvalue weighted by Gasteiger charge is 2.56. The Morgan fingerprint density at radius 2 is 0.526 bits per heavy atom. The quantitative estimate of drug-likeness (QED) is 0.0571. The first kappa shape index (κ1) is 64.1. The van der Waals surface area contributed by atoms with Crippen LogP contribution < -0.4 is 5.73 Å². The molecule has 0 amide bonds. The van der Waals surface area contributed by atoms with E-state index in [2.05, 4.69) is 0 Å². The number of hydrogen-bond acceptors (Lipinski definition) is 36. The van der Waals surface area contributed by atoms with Crippen molar-refractivity contribution in [2.45, 2.75) is 215 Å². The molecule has 0 aromatic heterocycles. The second-order valence-electron chi connectivity index (χ2n) is 19.8. The van der Waals surface area contributed by atoms with Crippen LogP contribution in [-0.4, -0.2) is 373 Å². The summed E-state index contributed by atoms with van der Waals surface area (Å²) in [7, 11) is 0. The molecule has 35 atom stereocenters. The fraction of sp³-hybridized carbons (Fsp3) is 1.00. The predicted octanol–water partition coefficient (Wildman–Crippen LogP) is -16.3. The van der Waals surface area contributed by atoms with Crippen LogP contribution in [0.1, 0.15) is 0 Å². The zero-order chi connectivity index (χ0) is 57.3. The molecule has 0 aromatic rings. The minimum Gasteiger partial charge on any atom is -0.394 e. The van der Waals surface area contributed by atoms with E-state index < -0.39 is 261 Å². The number of hydrogen-bond donors (Lipinski definition) is 23. The molecular formula is C42H73NO35. The Bertz CT molecular complexity index is 1820. The zero-order valence-electron chi connectivity index (χ0n) is 40.9. The lowest BCUT2D eigenvalue weighted by molar-refractivity contribution is -0.381. The summed E-state index contributed by atoms with van der Waals surface area (Å²) in [6, 6.07) is -1.45. The molecule has 1 unspecified atom stereocenters. The highest BCUT2D eigenvalue weighted by Crippen LogP contribution is 2.35. The Kier molecular flexibility index (Phi) is 22.6. The van der Waals surface area contributed by atoms with E-state index in [1.54, 1.807) is 0 Å². The molecule has 36 heteroatoms. The highest BCUT2D eigenvalue weighted by atomic mass is 16.8. The monoisotopic (exact) mass is 1150 g/mol. The van der Waals surface area contributed by atoms with Crippen molar-refractivity contribution in [3.8, 4) is 0 Å². The number of aliphatic hydroxyl groups is 22. The van der Waals surface area contributed by atoms with E-state index in [-0.39, 0.29) is 0 Å². The number of ether oxygens (including phenoxy) is 13. The van der Waals surface area contributed by atoms with Gasteiger partial charge in [0, 0.05) is 0 Å². The summed E-state index contributed by atoms with van der Waals surface area (Å²) < 4.78 is 72.2. The van der Waals surface area contributed by atoms with Crippen LogP contribution in [0.2, 0.25) is 0 Å². The number of nitrogens with two attached hydrogens (primary N) is 1. The predicted molar refractivity (Wildman–Crippen MR) is 234 cm³/mol. The van der Waals surface area contributed by atoms with E-state index in [4.69, 9.17) is 67.3 Å². The lowest BCUT2D eigenvalue weighted by atomic mass is 9.96. The second-order valence-corrected chi connectivity index (χ2v) is 19.8. The Balaban J connectivity index is 1.01. The molecule has 0 bridgehead atoms. The van der Waals surface area contributed by atoms with Crippen LogP contribution in [0.15, 0.2) is 0 Å². The molecule has 7 saturated heterocycles. The fourth-order valence-electron chi connectivity index (χ4n) is 9.72. The van der Waals surface area contributed by atoms with E-state index in [1.807, 2.05) is 0 Å². The van der Waals surface area contributed by atoms with Crippen molar-refractivity contribution in [2.24, 2.45) is 5.73 Å². The molecular weight excluding hydrogens is 1080 g/mol. The van der Waals surface area contributed by atoms with Crippen LogP contribution in [0.25, 0.3) is 0 Å². The zero-order valence-corrected chi connectivity index (χ0v) is 40.9. The summed E-state index contributed by atoms with van der Waals surface area (Å²) in [5.74, 6) is 0. The topological polar surface area (TPSA) is 591 Å². The number of rotatable bonds is 19. The van der Waals surface area contributed by atoms with E-state index in [1.165, 1.54) is 0 Å². The van der Waals surface area contributed by atoms with E-state index >= 15 is 0 Å². The maximum Gasteiger partial charge on any atom is 0.187 e. The van der Waals surface area contributed by atoms with Gasteiger partial charge in [-0.15, -0.1) is 0 Å². The Morgan fingerprint density at radius 1 is 0.256 bits per heavy atom. The molecule has 24 N–H and O–H groups in total. The van der Waals surface area contributed by atoms with Crippen molar-refractivity contribution < 1.29 is 174 Å². The fourth-order valence-corrected chi connectivity index (χ4v) is 9.72. The van der Waals surface area contributed by atoms with Crippen molar-refractivity contribution in [2.75, 3.05) is 46.2 Å². The van der Waals surface area contributed by atoms with Crippen molar-refractivity contribution in [1.29, 1.82) is 0 Å². The maximum atomic E-state index is 11.5. The summed E-state index contributed by atoms with van der Waals surface area (Å²) in [5, 5.41) is 233. The molecule has 7 aliphatic rings. The van der Waals surface area contributed by atoms with E-state index in [0.29, 0.717) is 0 Å². The van der Waals surface area contributed by atoms with Gasteiger partial charge in [0.1, 0.15) is 165 Å². The van der Waals surface area contributed by atoms with Gasteiger partial charge in [-0.1, -0.05) is 0 Å². The van der Waals surface area contributed by atoms with Gasteiger partial charge in [0.2, 0.25) is 0 Å². The molecule has 0 radical (unpaired) electrons. The average molecular weight is 1150 g/mol. The molecule has 0 aromatic carbocycles. The Labute approximate surface area is 440 Å². The van der Waals surface area contributed by atoms with Crippen LogP contribution in [0.5, 0.6) is 0 Å². The third-order valence-electron chi connectivity index (χ3n) is 14.6. The summed E-state index contributed by atoms with van der Waals surface area (Å²) >= 11 is 0. The molecule has 7 fully saturated rings. The maximum absolute atomic E-state index is 11.5. The van der Waals surface area contributed by atoms with Crippen LogP contribution >= 0.6 is 0 Å². The lowest BCUT2D eigenvalue weighted by Gasteiger charge is -2.48. The molecule has 7 aliphatic heterocycles.